The van der Waals surface area contributed by atoms with Crippen molar-refractivity contribution >= 4 is 0 Å². The first-order chi connectivity index (χ1) is 7.70. The lowest BCUT2D eigenvalue weighted by Gasteiger charge is -2.40. The van der Waals surface area contributed by atoms with Gasteiger partial charge in [-0.3, -0.25) is 4.90 Å². The van der Waals surface area contributed by atoms with Crippen LogP contribution in [0.25, 0.3) is 0 Å². The monoisotopic (exact) mass is 226 g/mol. The van der Waals surface area contributed by atoms with E-state index < -0.39 is 0 Å². The van der Waals surface area contributed by atoms with Crippen LogP contribution in [0.1, 0.15) is 33.6 Å². The van der Waals surface area contributed by atoms with E-state index in [1.807, 2.05) is 0 Å². The predicted molar refractivity (Wildman–Crippen MR) is 66.6 cm³/mol. The Hall–Kier alpha value is -0.120. The number of nitrogens with zero attached hydrogens (tertiary/aromatic N) is 1. The maximum absolute atomic E-state index is 5.66. The molecule has 4 unspecified atom stereocenters. The van der Waals surface area contributed by atoms with Crippen molar-refractivity contribution in [2.24, 2.45) is 5.92 Å². The molecular formula is C13H26N2O. The van der Waals surface area contributed by atoms with Crippen LogP contribution in [0.4, 0.5) is 0 Å². The molecule has 1 N–H and O–H groups in total. The molecular weight excluding hydrogens is 200 g/mol. The highest BCUT2D eigenvalue weighted by Crippen LogP contribution is 2.23. The molecule has 16 heavy (non-hydrogen) atoms. The van der Waals surface area contributed by atoms with Gasteiger partial charge in [0.25, 0.3) is 0 Å². The Bertz CT molecular complexity index is 222. The molecule has 0 amide bonds. The summed E-state index contributed by atoms with van der Waals surface area (Å²) in [6.45, 7) is 11.3. The summed E-state index contributed by atoms with van der Waals surface area (Å²) < 4.78 is 5.66. The minimum absolute atomic E-state index is 0.461. The van der Waals surface area contributed by atoms with Crippen LogP contribution in [0.3, 0.4) is 0 Å². The van der Waals surface area contributed by atoms with Gasteiger partial charge in [0.15, 0.2) is 0 Å². The Morgan fingerprint density at radius 1 is 1.38 bits per heavy atom. The van der Waals surface area contributed by atoms with Crippen molar-refractivity contribution in [3.8, 4) is 0 Å². The Labute approximate surface area is 99.5 Å². The second kappa shape index (κ2) is 5.48. The summed E-state index contributed by atoms with van der Waals surface area (Å²) in [6.07, 6.45) is 2.96. The topological polar surface area (TPSA) is 24.5 Å². The van der Waals surface area contributed by atoms with Gasteiger partial charge in [0.2, 0.25) is 0 Å². The van der Waals surface area contributed by atoms with Crippen molar-refractivity contribution in [1.29, 1.82) is 0 Å². The van der Waals surface area contributed by atoms with E-state index in [0.29, 0.717) is 12.1 Å². The maximum atomic E-state index is 5.66. The van der Waals surface area contributed by atoms with Gasteiger partial charge < -0.3 is 10.1 Å². The fourth-order valence-electron chi connectivity index (χ4n) is 2.97. The van der Waals surface area contributed by atoms with E-state index in [9.17, 15) is 0 Å². The van der Waals surface area contributed by atoms with Crippen molar-refractivity contribution < 1.29 is 4.74 Å². The second-order valence-electron chi connectivity index (χ2n) is 5.45. The Morgan fingerprint density at radius 3 is 2.81 bits per heavy atom. The summed E-state index contributed by atoms with van der Waals surface area (Å²) in [5.74, 6) is 0.749. The van der Waals surface area contributed by atoms with Gasteiger partial charge in [0.1, 0.15) is 0 Å². The first kappa shape index (κ1) is 12.3. The highest BCUT2D eigenvalue weighted by atomic mass is 16.5. The highest BCUT2D eigenvalue weighted by molar-refractivity contribution is 4.86. The molecule has 0 bridgehead atoms. The largest absolute Gasteiger partial charge is 0.378 e. The van der Waals surface area contributed by atoms with Gasteiger partial charge in [-0.1, -0.05) is 6.92 Å². The molecule has 0 radical (unpaired) electrons. The van der Waals surface area contributed by atoms with Crippen LogP contribution < -0.4 is 5.32 Å². The molecule has 2 aliphatic heterocycles. The molecule has 4 atom stereocenters. The van der Waals surface area contributed by atoms with Crippen molar-refractivity contribution in [1.82, 2.24) is 10.2 Å². The lowest BCUT2D eigenvalue weighted by atomic mass is 9.99. The van der Waals surface area contributed by atoms with Crippen LogP contribution in [0.15, 0.2) is 0 Å². The average molecular weight is 226 g/mol. The minimum atomic E-state index is 0.461. The normalized spacial score (nSPS) is 41.4. The number of piperazine rings is 1. The summed E-state index contributed by atoms with van der Waals surface area (Å²) in [5.41, 5.74) is 0. The first-order valence-corrected chi connectivity index (χ1v) is 6.79. The molecule has 2 aliphatic rings. The summed E-state index contributed by atoms with van der Waals surface area (Å²) >= 11 is 0. The van der Waals surface area contributed by atoms with Gasteiger partial charge in [-0.2, -0.15) is 0 Å². The van der Waals surface area contributed by atoms with Crippen LogP contribution >= 0.6 is 0 Å². The molecule has 0 aromatic rings. The van der Waals surface area contributed by atoms with Gasteiger partial charge in [0, 0.05) is 38.3 Å². The van der Waals surface area contributed by atoms with E-state index in [-0.39, 0.29) is 0 Å². The van der Waals surface area contributed by atoms with Crippen LogP contribution in [-0.2, 0) is 4.74 Å². The summed E-state index contributed by atoms with van der Waals surface area (Å²) in [4.78, 5) is 2.68. The van der Waals surface area contributed by atoms with Gasteiger partial charge in [-0.15, -0.1) is 0 Å². The molecule has 0 aliphatic carbocycles. The number of rotatable bonds is 3. The van der Waals surface area contributed by atoms with E-state index >= 15 is 0 Å². The van der Waals surface area contributed by atoms with Crippen LogP contribution in [0.2, 0.25) is 0 Å². The lowest BCUT2D eigenvalue weighted by molar-refractivity contribution is 0.0681. The standard InChI is InChI=1S/C13H26N2O/c1-4-13-7-14-10(2)8-15(13)9-12-5-6-16-11(12)3/h10-14H,4-9H2,1-3H3. The maximum Gasteiger partial charge on any atom is 0.0588 e. The fourth-order valence-corrected chi connectivity index (χ4v) is 2.97. The van der Waals surface area contributed by atoms with Crippen molar-refractivity contribution in [2.45, 2.75) is 51.8 Å². The first-order valence-electron chi connectivity index (χ1n) is 6.79. The Balaban J connectivity index is 1.89. The second-order valence-corrected chi connectivity index (χ2v) is 5.45. The van der Waals surface area contributed by atoms with Gasteiger partial charge >= 0.3 is 0 Å². The molecule has 3 nitrogen and oxygen atoms in total. The quantitative estimate of drug-likeness (QED) is 0.789. The molecule has 2 saturated heterocycles. The van der Waals surface area contributed by atoms with E-state index in [4.69, 9.17) is 4.74 Å². The Kier molecular flexibility index (Phi) is 4.22. The van der Waals surface area contributed by atoms with E-state index in [1.165, 1.54) is 25.9 Å². The number of hydrogen-bond donors (Lipinski definition) is 1. The van der Waals surface area contributed by atoms with Crippen LogP contribution in [0.5, 0.6) is 0 Å². The smallest absolute Gasteiger partial charge is 0.0588 e. The van der Waals surface area contributed by atoms with E-state index in [1.54, 1.807) is 0 Å². The molecule has 2 rings (SSSR count). The third-order valence-electron chi connectivity index (χ3n) is 4.20. The molecule has 2 heterocycles. The summed E-state index contributed by atoms with van der Waals surface area (Å²) in [5, 5.41) is 3.58. The van der Waals surface area contributed by atoms with Crippen molar-refractivity contribution in [3.05, 3.63) is 0 Å². The minimum Gasteiger partial charge on any atom is -0.378 e. The third-order valence-corrected chi connectivity index (χ3v) is 4.20. The molecule has 94 valence electrons. The zero-order chi connectivity index (χ0) is 11.5. The van der Waals surface area contributed by atoms with Gasteiger partial charge in [-0.25, -0.2) is 0 Å². The Morgan fingerprint density at radius 2 is 2.19 bits per heavy atom. The predicted octanol–water partition coefficient (Wildman–Crippen LogP) is 1.48. The summed E-state index contributed by atoms with van der Waals surface area (Å²) in [7, 11) is 0. The molecule has 2 fully saturated rings. The molecule has 0 saturated carbocycles. The van der Waals surface area contributed by atoms with Crippen molar-refractivity contribution in [2.75, 3.05) is 26.2 Å². The highest BCUT2D eigenvalue weighted by Gasteiger charge is 2.31. The molecule has 0 aromatic carbocycles. The van der Waals surface area contributed by atoms with Gasteiger partial charge in [-0.05, 0) is 32.6 Å². The number of hydrogen-bond acceptors (Lipinski definition) is 3. The summed E-state index contributed by atoms with van der Waals surface area (Å²) in [6, 6.07) is 1.37. The number of ether oxygens (including phenoxy) is 1. The molecule has 0 spiro atoms. The fraction of sp³-hybridized carbons (Fsp3) is 1.00. The van der Waals surface area contributed by atoms with Crippen LogP contribution in [0, 0.1) is 5.92 Å². The van der Waals surface area contributed by atoms with Crippen LogP contribution in [-0.4, -0.2) is 49.3 Å². The zero-order valence-corrected chi connectivity index (χ0v) is 10.9. The SMILES string of the molecule is CCC1CNC(C)CN1CC1CCOC1C. The third kappa shape index (κ3) is 2.76. The lowest BCUT2D eigenvalue weighted by Crippen LogP contribution is -2.56. The molecule has 3 heteroatoms. The average Bonchev–Trinajstić information content (AvgIpc) is 2.65. The molecule has 0 aromatic heterocycles. The zero-order valence-electron chi connectivity index (χ0n) is 10.9. The van der Waals surface area contributed by atoms with E-state index in [2.05, 4.69) is 31.0 Å². The van der Waals surface area contributed by atoms with E-state index in [0.717, 1.165) is 25.1 Å². The number of nitrogens with one attached hydrogen (secondary N) is 1. The van der Waals surface area contributed by atoms with Gasteiger partial charge in [0.05, 0.1) is 6.10 Å². The van der Waals surface area contributed by atoms with Crippen molar-refractivity contribution in [3.63, 3.8) is 0 Å².